The zero-order valence-corrected chi connectivity index (χ0v) is 13.6. The van der Waals surface area contributed by atoms with Crippen LogP contribution in [0.1, 0.15) is 34.9 Å². The second-order valence-corrected chi connectivity index (χ2v) is 5.54. The van der Waals surface area contributed by atoms with Gasteiger partial charge in [0.1, 0.15) is 5.75 Å². The SMILES string of the molecule is Cc1ccc(O)c(NC(=O)c2cn(C3CCNCC3)nn2)c1.Cl. The maximum atomic E-state index is 12.2. The minimum atomic E-state index is -0.374. The van der Waals surface area contributed by atoms with E-state index in [-0.39, 0.29) is 35.8 Å². The molecule has 8 heteroatoms. The van der Waals surface area contributed by atoms with Crippen LogP contribution < -0.4 is 10.6 Å². The molecule has 1 fully saturated rings. The van der Waals surface area contributed by atoms with Crippen LogP contribution in [0.2, 0.25) is 0 Å². The van der Waals surface area contributed by atoms with E-state index in [0.717, 1.165) is 31.5 Å². The predicted octanol–water partition coefficient (Wildman–Crippen LogP) is 1.89. The Morgan fingerprint density at radius 1 is 1.39 bits per heavy atom. The van der Waals surface area contributed by atoms with Crippen molar-refractivity contribution in [2.45, 2.75) is 25.8 Å². The average molecular weight is 338 g/mol. The van der Waals surface area contributed by atoms with Crippen LogP contribution in [0, 0.1) is 6.92 Å². The number of phenols is 1. The number of phenolic OH excluding ortho intramolecular Hbond substituents is 1. The van der Waals surface area contributed by atoms with Crippen LogP contribution >= 0.6 is 12.4 Å². The van der Waals surface area contributed by atoms with Crippen LogP contribution in [0.15, 0.2) is 24.4 Å². The van der Waals surface area contributed by atoms with Crippen molar-refractivity contribution < 1.29 is 9.90 Å². The molecule has 0 radical (unpaired) electrons. The first-order chi connectivity index (χ1) is 10.6. The van der Waals surface area contributed by atoms with Gasteiger partial charge in [-0.1, -0.05) is 11.3 Å². The number of aromatic nitrogens is 3. The summed E-state index contributed by atoms with van der Waals surface area (Å²) in [6.07, 6.45) is 3.62. The van der Waals surface area contributed by atoms with Crippen molar-refractivity contribution in [2.24, 2.45) is 0 Å². The summed E-state index contributed by atoms with van der Waals surface area (Å²) >= 11 is 0. The van der Waals surface area contributed by atoms with Gasteiger partial charge in [-0.25, -0.2) is 4.68 Å². The van der Waals surface area contributed by atoms with Crippen LogP contribution in [-0.4, -0.2) is 39.1 Å². The molecule has 0 aliphatic carbocycles. The zero-order valence-electron chi connectivity index (χ0n) is 12.8. The average Bonchev–Trinajstić information content (AvgIpc) is 3.02. The minimum Gasteiger partial charge on any atom is -0.506 e. The Morgan fingerprint density at radius 2 is 2.13 bits per heavy atom. The van der Waals surface area contributed by atoms with Gasteiger partial charge >= 0.3 is 0 Å². The van der Waals surface area contributed by atoms with Gasteiger partial charge < -0.3 is 15.7 Å². The molecule has 1 saturated heterocycles. The molecule has 0 spiro atoms. The van der Waals surface area contributed by atoms with Crippen LogP contribution in [0.25, 0.3) is 0 Å². The number of benzene rings is 1. The molecule has 3 N–H and O–H groups in total. The smallest absolute Gasteiger partial charge is 0.277 e. The van der Waals surface area contributed by atoms with Crippen molar-refractivity contribution in [3.05, 3.63) is 35.7 Å². The summed E-state index contributed by atoms with van der Waals surface area (Å²) in [7, 11) is 0. The van der Waals surface area contributed by atoms with Gasteiger partial charge in [0, 0.05) is 0 Å². The Labute approximate surface area is 140 Å². The van der Waals surface area contributed by atoms with E-state index in [0.29, 0.717) is 5.69 Å². The third kappa shape index (κ3) is 4.00. The summed E-state index contributed by atoms with van der Waals surface area (Å²) in [5.41, 5.74) is 1.58. The maximum absolute atomic E-state index is 12.2. The molecule has 7 nitrogen and oxygen atoms in total. The van der Waals surface area contributed by atoms with Gasteiger partial charge in [-0.15, -0.1) is 17.5 Å². The van der Waals surface area contributed by atoms with Crippen LogP contribution in [-0.2, 0) is 0 Å². The number of nitrogens with zero attached hydrogens (tertiary/aromatic N) is 3. The molecule has 2 aromatic rings. The summed E-state index contributed by atoms with van der Waals surface area (Å²) in [6.45, 7) is 3.79. The van der Waals surface area contributed by atoms with Gasteiger partial charge in [-0.05, 0) is 50.6 Å². The van der Waals surface area contributed by atoms with Crippen LogP contribution in [0.3, 0.4) is 0 Å². The number of anilines is 1. The molecule has 2 heterocycles. The number of amides is 1. The number of rotatable bonds is 3. The fourth-order valence-electron chi connectivity index (χ4n) is 2.57. The lowest BCUT2D eigenvalue weighted by atomic mass is 10.1. The summed E-state index contributed by atoms with van der Waals surface area (Å²) in [6, 6.07) is 5.32. The summed E-state index contributed by atoms with van der Waals surface area (Å²) in [5, 5.41) is 23.7. The van der Waals surface area contributed by atoms with Gasteiger partial charge in [0.15, 0.2) is 5.69 Å². The van der Waals surface area contributed by atoms with E-state index >= 15 is 0 Å². The largest absolute Gasteiger partial charge is 0.506 e. The van der Waals surface area contributed by atoms with Crippen LogP contribution in [0.5, 0.6) is 5.75 Å². The molecule has 3 rings (SSSR count). The van der Waals surface area contributed by atoms with Crippen molar-refractivity contribution in [1.29, 1.82) is 0 Å². The summed E-state index contributed by atoms with van der Waals surface area (Å²) in [5.74, 6) is -0.342. The zero-order chi connectivity index (χ0) is 15.5. The lowest BCUT2D eigenvalue weighted by Gasteiger charge is -2.22. The number of hydrogen-bond donors (Lipinski definition) is 3. The van der Waals surface area contributed by atoms with Crippen molar-refractivity contribution in [3.8, 4) is 5.75 Å². The molecule has 0 unspecified atom stereocenters. The first kappa shape index (κ1) is 17.2. The number of aromatic hydroxyl groups is 1. The van der Waals surface area contributed by atoms with E-state index in [1.54, 1.807) is 29.1 Å². The third-order valence-electron chi connectivity index (χ3n) is 3.83. The van der Waals surface area contributed by atoms with Crippen molar-refractivity contribution >= 4 is 24.0 Å². The topological polar surface area (TPSA) is 92.1 Å². The third-order valence-corrected chi connectivity index (χ3v) is 3.83. The van der Waals surface area contributed by atoms with Gasteiger partial charge in [0.2, 0.25) is 0 Å². The predicted molar refractivity (Wildman–Crippen MR) is 89.2 cm³/mol. The van der Waals surface area contributed by atoms with E-state index in [9.17, 15) is 9.90 Å². The molecule has 1 aromatic heterocycles. The molecule has 0 saturated carbocycles. The molecular formula is C15H20ClN5O2. The maximum Gasteiger partial charge on any atom is 0.277 e. The van der Waals surface area contributed by atoms with Crippen molar-refractivity contribution in [2.75, 3.05) is 18.4 Å². The highest BCUT2D eigenvalue weighted by molar-refractivity contribution is 6.03. The molecule has 0 atom stereocenters. The minimum absolute atomic E-state index is 0. The number of piperidine rings is 1. The number of carbonyl (C=O) groups excluding carboxylic acids is 1. The highest BCUT2D eigenvalue weighted by Crippen LogP contribution is 2.24. The standard InChI is InChI=1S/C15H19N5O2.ClH/c1-10-2-3-14(21)12(8-10)17-15(22)13-9-20(19-18-13)11-4-6-16-7-5-11;/h2-3,8-9,11,16,21H,4-7H2,1H3,(H,17,22);1H. The second kappa shape index (κ2) is 7.43. The Morgan fingerprint density at radius 3 is 2.87 bits per heavy atom. The number of aryl methyl sites for hydroxylation is 1. The van der Waals surface area contributed by atoms with Crippen LogP contribution in [0.4, 0.5) is 5.69 Å². The van der Waals surface area contributed by atoms with E-state index in [4.69, 9.17) is 0 Å². The number of nitrogens with one attached hydrogen (secondary N) is 2. The summed E-state index contributed by atoms with van der Waals surface area (Å²) < 4.78 is 1.76. The molecule has 0 bridgehead atoms. The normalized spacial score (nSPS) is 15.0. The Kier molecular flexibility index (Phi) is 5.57. The lowest BCUT2D eigenvalue weighted by Crippen LogP contribution is -2.29. The van der Waals surface area contributed by atoms with Gasteiger partial charge in [0.05, 0.1) is 17.9 Å². The lowest BCUT2D eigenvalue weighted by molar-refractivity contribution is 0.102. The van der Waals surface area contributed by atoms with Gasteiger partial charge in [0.25, 0.3) is 5.91 Å². The molecule has 1 aliphatic rings. The fourth-order valence-corrected chi connectivity index (χ4v) is 2.57. The molecule has 23 heavy (non-hydrogen) atoms. The van der Waals surface area contributed by atoms with Gasteiger partial charge in [-0.2, -0.15) is 0 Å². The Hall–Kier alpha value is -2.12. The van der Waals surface area contributed by atoms with Crippen molar-refractivity contribution in [1.82, 2.24) is 20.3 Å². The fraction of sp³-hybridized carbons (Fsp3) is 0.400. The van der Waals surface area contributed by atoms with Crippen molar-refractivity contribution in [3.63, 3.8) is 0 Å². The monoisotopic (exact) mass is 337 g/mol. The van der Waals surface area contributed by atoms with E-state index in [1.807, 2.05) is 6.92 Å². The quantitative estimate of drug-likeness (QED) is 0.744. The number of hydrogen-bond acceptors (Lipinski definition) is 5. The molecular weight excluding hydrogens is 318 g/mol. The molecule has 1 aromatic carbocycles. The van der Waals surface area contributed by atoms with E-state index < -0.39 is 0 Å². The second-order valence-electron chi connectivity index (χ2n) is 5.54. The van der Waals surface area contributed by atoms with E-state index in [1.165, 1.54) is 0 Å². The molecule has 1 amide bonds. The molecule has 124 valence electrons. The summed E-state index contributed by atoms with van der Waals surface area (Å²) in [4.78, 5) is 12.2. The first-order valence-corrected chi connectivity index (χ1v) is 7.37. The van der Waals surface area contributed by atoms with Gasteiger partial charge in [-0.3, -0.25) is 4.79 Å². The Balaban J connectivity index is 0.00000192. The first-order valence-electron chi connectivity index (χ1n) is 7.37. The Bertz CT molecular complexity index is 682. The number of halogens is 1. The van der Waals surface area contributed by atoms with E-state index in [2.05, 4.69) is 20.9 Å². The highest BCUT2D eigenvalue weighted by atomic mass is 35.5. The molecule has 1 aliphatic heterocycles. The highest BCUT2D eigenvalue weighted by Gasteiger charge is 2.19. The number of carbonyl (C=O) groups is 1.